The molecule has 1 heterocycles. The van der Waals surface area contributed by atoms with Crippen LogP contribution < -0.4 is 0 Å². The lowest BCUT2D eigenvalue weighted by molar-refractivity contribution is -0.188. The maximum atomic E-state index is 13.4. The summed E-state index contributed by atoms with van der Waals surface area (Å²) in [5.74, 6) is -2.21. The molecule has 0 N–H and O–H groups in total. The minimum atomic E-state index is -4.92. The summed E-state index contributed by atoms with van der Waals surface area (Å²) in [5, 5.41) is 0. The number of nitrogens with zero attached hydrogens (tertiary/aromatic N) is 2. The first-order chi connectivity index (χ1) is 17.8. The fourth-order valence-electron chi connectivity index (χ4n) is 4.96. The number of morpholine rings is 1. The molecule has 1 aliphatic carbocycles. The third kappa shape index (κ3) is 7.32. The second-order valence-electron chi connectivity index (χ2n) is 9.59. The van der Waals surface area contributed by atoms with Gasteiger partial charge in [0.15, 0.2) is 0 Å². The zero-order valence-corrected chi connectivity index (χ0v) is 21.0. The van der Waals surface area contributed by atoms with Gasteiger partial charge in [-0.15, -0.1) is 0 Å². The van der Waals surface area contributed by atoms with Crippen LogP contribution in [0.2, 0.25) is 0 Å². The summed E-state index contributed by atoms with van der Waals surface area (Å²) < 4.78 is 51.0. The van der Waals surface area contributed by atoms with Crippen molar-refractivity contribution < 1.29 is 32.2 Å². The van der Waals surface area contributed by atoms with Gasteiger partial charge in [-0.1, -0.05) is 42.5 Å². The molecule has 200 valence electrons. The van der Waals surface area contributed by atoms with E-state index in [-0.39, 0.29) is 18.4 Å². The number of esters is 1. The maximum Gasteiger partial charge on any atom is 0.471 e. The molecule has 1 saturated carbocycles. The van der Waals surface area contributed by atoms with E-state index in [2.05, 4.69) is 4.90 Å². The largest absolute Gasteiger partial charge is 0.471 e. The number of hydrogen-bond donors (Lipinski definition) is 0. The van der Waals surface area contributed by atoms with Gasteiger partial charge in [0, 0.05) is 31.6 Å². The van der Waals surface area contributed by atoms with Crippen LogP contribution in [0.15, 0.2) is 54.6 Å². The first-order valence-corrected chi connectivity index (χ1v) is 12.8. The van der Waals surface area contributed by atoms with Crippen molar-refractivity contribution in [3.05, 3.63) is 71.3 Å². The fraction of sp³-hybridized carbons (Fsp3) is 0.500. The average molecular weight is 519 g/mol. The monoisotopic (exact) mass is 518 g/mol. The van der Waals surface area contributed by atoms with Gasteiger partial charge in [-0.05, 0) is 56.0 Å². The molecule has 9 heteroatoms. The van der Waals surface area contributed by atoms with Crippen LogP contribution in [0.3, 0.4) is 0 Å². The first-order valence-electron chi connectivity index (χ1n) is 12.8. The summed E-state index contributed by atoms with van der Waals surface area (Å²) in [6, 6.07) is 16.2. The Morgan fingerprint density at radius 2 is 1.84 bits per heavy atom. The molecule has 2 aromatic rings. The third-order valence-corrected chi connectivity index (χ3v) is 6.92. The van der Waals surface area contributed by atoms with Gasteiger partial charge in [0.1, 0.15) is 0 Å². The molecule has 2 aromatic carbocycles. The number of rotatable bonds is 10. The van der Waals surface area contributed by atoms with Crippen molar-refractivity contribution in [3.63, 3.8) is 0 Å². The van der Waals surface area contributed by atoms with Gasteiger partial charge in [-0.2, -0.15) is 13.2 Å². The molecule has 0 bridgehead atoms. The number of ether oxygens (including phenoxy) is 2. The van der Waals surface area contributed by atoms with Crippen molar-refractivity contribution in [3.8, 4) is 0 Å². The number of alkyl halides is 3. The number of hydrogen-bond acceptors (Lipinski definition) is 5. The topological polar surface area (TPSA) is 59.1 Å². The minimum absolute atomic E-state index is 0.0713. The third-order valence-electron chi connectivity index (χ3n) is 6.92. The molecular weight excluding hydrogens is 485 g/mol. The summed E-state index contributed by atoms with van der Waals surface area (Å²) in [7, 11) is 0. The predicted octanol–water partition coefficient (Wildman–Crippen LogP) is 4.44. The van der Waals surface area contributed by atoms with Crippen LogP contribution in [0.5, 0.6) is 0 Å². The molecule has 37 heavy (non-hydrogen) atoms. The van der Waals surface area contributed by atoms with E-state index in [0.717, 1.165) is 35.4 Å². The Hall–Kier alpha value is -2.91. The number of carbonyl (C=O) groups excluding carboxylic acids is 2. The van der Waals surface area contributed by atoms with Crippen LogP contribution in [-0.2, 0) is 20.7 Å². The van der Waals surface area contributed by atoms with Gasteiger partial charge in [-0.25, -0.2) is 4.79 Å². The highest BCUT2D eigenvalue weighted by molar-refractivity contribution is 5.89. The molecule has 1 saturated heterocycles. The molecule has 1 aliphatic heterocycles. The molecule has 2 aliphatic rings. The molecule has 0 spiro atoms. The Morgan fingerprint density at radius 3 is 2.51 bits per heavy atom. The summed E-state index contributed by atoms with van der Waals surface area (Å²) in [6.45, 7) is 4.38. The minimum Gasteiger partial charge on any atom is -0.462 e. The number of aryl methyl sites for hydroxylation is 1. The van der Waals surface area contributed by atoms with Crippen LogP contribution in [0.25, 0.3) is 0 Å². The van der Waals surface area contributed by atoms with Gasteiger partial charge < -0.3 is 14.4 Å². The van der Waals surface area contributed by atoms with E-state index in [4.69, 9.17) is 9.47 Å². The SMILES string of the molecule is CCOC(=O)c1ccc(CCCN2CCOC(CN(C(=O)C(F)(F)F)C3CC3c3ccccc3)C2)cc1. The first kappa shape index (κ1) is 27.1. The lowest BCUT2D eigenvalue weighted by atomic mass is 10.1. The van der Waals surface area contributed by atoms with Gasteiger partial charge in [-0.3, -0.25) is 9.69 Å². The number of carbonyl (C=O) groups is 2. The second kappa shape index (κ2) is 12.1. The van der Waals surface area contributed by atoms with E-state index < -0.39 is 24.2 Å². The lowest BCUT2D eigenvalue weighted by Gasteiger charge is -2.36. The molecule has 4 rings (SSSR count). The molecular formula is C28H33F3N2O4. The van der Waals surface area contributed by atoms with Crippen LogP contribution in [0.4, 0.5) is 13.2 Å². The van der Waals surface area contributed by atoms with Gasteiger partial charge in [0.05, 0.1) is 24.9 Å². The number of halogens is 3. The van der Waals surface area contributed by atoms with Crippen LogP contribution in [-0.4, -0.2) is 79.4 Å². The summed E-state index contributed by atoms with van der Waals surface area (Å²) >= 11 is 0. The second-order valence-corrected chi connectivity index (χ2v) is 9.59. The van der Waals surface area contributed by atoms with E-state index in [0.29, 0.717) is 38.3 Å². The smallest absolute Gasteiger partial charge is 0.462 e. The van der Waals surface area contributed by atoms with Crippen molar-refractivity contribution in [1.29, 1.82) is 0 Å². The zero-order valence-electron chi connectivity index (χ0n) is 21.0. The Bertz CT molecular complexity index is 1050. The molecule has 6 nitrogen and oxygen atoms in total. The maximum absolute atomic E-state index is 13.4. The number of benzene rings is 2. The van der Waals surface area contributed by atoms with Crippen LogP contribution >= 0.6 is 0 Å². The van der Waals surface area contributed by atoms with Crippen molar-refractivity contribution in [2.75, 3.05) is 39.4 Å². The molecule has 0 aromatic heterocycles. The van der Waals surface area contributed by atoms with Crippen LogP contribution in [0.1, 0.15) is 47.2 Å². The van der Waals surface area contributed by atoms with Crippen molar-refractivity contribution in [2.24, 2.45) is 0 Å². The van der Waals surface area contributed by atoms with Crippen molar-refractivity contribution in [1.82, 2.24) is 9.80 Å². The fourth-order valence-corrected chi connectivity index (χ4v) is 4.96. The molecule has 1 amide bonds. The Kier molecular flexibility index (Phi) is 8.87. The quantitative estimate of drug-likeness (QED) is 0.435. The molecule has 0 radical (unpaired) electrons. The van der Waals surface area contributed by atoms with E-state index >= 15 is 0 Å². The standard InChI is InChI=1S/C28H33F3N2O4/c1-2-36-26(34)22-12-10-20(11-13-22)7-6-14-32-15-16-37-23(18-32)19-33(27(35)28(29,30)31)25-17-24(25)21-8-4-3-5-9-21/h3-5,8-13,23-25H,2,6-7,14-19H2,1H3. The normalized spacial score (nSPS) is 21.9. The average Bonchev–Trinajstić information content (AvgIpc) is 3.68. The Morgan fingerprint density at radius 1 is 1.11 bits per heavy atom. The highest BCUT2D eigenvalue weighted by Crippen LogP contribution is 2.45. The summed E-state index contributed by atoms with van der Waals surface area (Å²) in [6.07, 6.45) is -3.20. The van der Waals surface area contributed by atoms with E-state index in [1.54, 1.807) is 19.1 Å². The molecule has 2 fully saturated rings. The summed E-state index contributed by atoms with van der Waals surface area (Å²) in [5.41, 5.74) is 2.57. The lowest BCUT2D eigenvalue weighted by Crippen LogP contribution is -2.52. The van der Waals surface area contributed by atoms with Crippen molar-refractivity contribution >= 4 is 11.9 Å². The Balaban J connectivity index is 1.29. The predicted molar refractivity (Wildman–Crippen MR) is 132 cm³/mol. The highest BCUT2D eigenvalue weighted by atomic mass is 19.4. The zero-order chi connectivity index (χ0) is 26.4. The van der Waals surface area contributed by atoms with Gasteiger partial charge >= 0.3 is 18.1 Å². The van der Waals surface area contributed by atoms with Gasteiger partial charge in [0.2, 0.25) is 0 Å². The van der Waals surface area contributed by atoms with E-state index in [9.17, 15) is 22.8 Å². The highest BCUT2D eigenvalue weighted by Gasteiger charge is 2.52. The van der Waals surface area contributed by atoms with Crippen molar-refractivity contribution in [2.45, 2.75) is 50.4 Å². The van der Waals surface area contributed by atoms with Crippen LogP contribution in [0, 0.1) is 0 Å². The van der Waals surface area contributed by atoms with Gasteiger partial charge in [0.25, 0.3) is 0 Å². The summed E-state index contributed by atoms with van der Waals surface area (Å²) in [4.78, 5) is 27.3. The van der Waals surface area contributed by atoms with E-state index in [1.807, 2.05) is 42.5 Å². The van der Waals surface area contributed by atoms with E-state index in [1.165, 1.54) is 0 Å². The molecule has 3 unspecified atom stereocenters. The Labute approximate surface area is 215 Å². The molecule has 3 atom stereocenters. The number of amides is 1.